The number of hydrogen-bond acceptors (Lipinski definition) is 9. The SMILES string of the molecule is COc1cc(N2CCOCC2)c(F)cc1Nc1nccc(-c2cnc3c(c2)C(C)(CO)CN3)n1. The third-order valence-corrected chi connectivity index (χ3v) is 6.35. The summed E-state index contributed by atoms with van der Waals surface area (Å²) in [7, 11) is 1.54. The van der Waals surface area contributed by atoms with Crippen LogP contribution in [0.2, 0.25) is 0 Å². The van der Waals surface area contributed by atoms with Crippen LogP contribution in [0, 0.1) is 5.82 Å². The zero-order chi connectivity index (χ0) is 23.7. The quantitative estimate of drug-likeness (QED) is 0.506. The molecule has 1 atom stereocenters. The summed E-state index contributed by atoms with van der Waals surface area (Å²) in [5.41, 5.74) is 2.91. The van der Waals surface area contributed by atoms with Gasteiger partial charge in [0.15, 0.2) is 0 Å². The summed E-state index contributed by atoms with van der Waals surface area (Å²) in [5.74, 6) is 1.20. The average Bonchev–Trinajstić information content (AvgIpc) is 3.21. The van der Waals surface area contributed by atoms with E-state index in [1.54, 1.807) is 31.6 Å². The number of benzene rings is 1. The first-order chi connectivity index (χ1) is 16.5. The van der Waals surface area contributed by atoms with Gasteiger partial charge in [0.25, 0.3) is 0 Å². The van der Waals surface area contributed by atoms with Crippen molar-refractivity contribution in [3.8, 4) is 17.0 Å². The molecule has 5 rings (SSSR count). The van der Waals surface area contributed by atoms with Crippen LogP contribution in [0.25, 0.3) is 11.3 Å². The van der Waals surface area contributed by atoms with Crippen LogP contribution in [-0.2, 0) is 10.2 Å². The molecule has 0 aliphatic carbocycles. The van der Waals surface area contributed by atoms with Crippen LogP contribution in [0.3, 0.4) is 0 Å². The number of anilines is 4. The lowest BCUT2D eigenvalue weighted by Gasteiger charge is -2.29. The van der Waals surface area contributed by atoms with Crippen LogP contribution in [0.5, 0.6) is 5.75 Å². The van der Waals surface area contributed by atoms with Gasteiger partial charge in [0.2, 0.25) is 5.95 Å². The molecule has 3 aromatic rings. The van der Waals surface area contributed by atoms with Crippen molar-refractivity contribution in [1.29, 1.82) is 0 Å². The van der Waals surface area contributed by atoms with E-state index in [0.717, 1.165) is 16.9 Å². The second-order valence-electron chi connectivity index (χ2n) is 8.69. The number of nitrogens with one attached hydrogen (secondary N) is 2. The zero-order valence-corrected chi connectivity index (χ0v) is 19.1. The largest absolute Gasteiger partial charge is 0.494 e. The van der Waals surface area contributed by atoms with Gasteiger partial charge in [0, 0.05) is 60.7 Å². The summed E-state index contributed by atoms with van der Waals surface area (Å²) in [6.45, 7) is 5.00. The summed E-state index contributed by atoms with van der Waals surface area (Å²) in [4.78, 5) is 15.3. The van der Waals surface area contributed by atoms with E-state index in [9.17, 15) is 9.50 Å². The van der Waals surface area contributed by atoms with Gasteiger partial charge in [-0.15, -0.1) is 0 Å². The lowest BCUT2D eigenvalue weighted by molar-refractivity contribution is 0.122. The van der Waals surface area contributed by atoms with E-state index in [0.29, 0.717) is 61.6 Å². The van der Waals surface area contributed by atoms with Gasteiger partial charge in [-0.25, -0.2) is 19.3 Å². The van der Waals surface area contributed by atoms with Crippen LogP contribution in [-0.4, -0.2) is 66.6 Å². The van der Waals surface area contributed by atoms with Gasteiger partial charge in [-0.05, 0) is 12.1 Å². The van der Waals surface area contributed by atoms with E-state index in [-0.39, 0.29) is 12.4 Å². The number of aliphatic hydroxyl groups is 1. The topological polar surface area (TPSA) is 105 Å². The molecule has 3 N–H and O–H groups in total. The highest BCUT2D eigenvalue weighted by Gasteiger charge is 2.35. The fourth-order valence-corrected chi connectivity index (χ4v) is 4.28. The van der Waals surface area contributed by atoms with Crippen molar-refractivity contribution in [2.45, 2.75) is 12.3 Å². The Labute approximate surface area is 197 Å². The Hall–Kier alpha value is -3.50. The monoisotopic (exact) mass is 466 g/mol. The molecule has 1 fully saturated rings. The number of fused-ring (bicyclic) bond motifs is 1. The Morgan fingerprint density at radius 2 is 2.09 bits per heavy atom. The number of halogens is 1. The van der Waals surface area contributed by atoms with Crippen molar-refractivity contribution in [3.63, 3.8) is 0 Å². The van der Waals surface area contributed by atoms with Gasteiger partial charge in [-0.1, -0.05) is 6.92 Å². The van der Waals surface area contributed by atoms with Gasteiger partial charge in [-0.2, -0.15) is 0 Å². The molecule has 0 amide bonds. The summed E-state index contributed by atoms with van der Waals surface area (Å²) in [5, 5.41) is 16.2. The first kappa shape index (κ1) is 22.3. The fourth-order valence-electron chi connectivity index (χ4n) is 4.28. The van der Waals surface area contributed by atoms with Crippen LogP contribution >= 0.6 is 0 Å². The number of hydrogen-bond donors (Lipinski definition) is 3. The van der Waals surface area contributed by atoms with Crippen LogP contribution < -0.4 is 20.3 Å². The summed E-state index contributed by atoms with van der Waals surface area (Å²) < 4.78 is 25.9. The van der Waals surface area contributed by atoms with Crippen molar-refractivity contribution < 1.29 is 19.0 Å². The van der Waals surface area contributed by atoms with Crippen molar-refractivity contribution in [3.05, 3.63) is 48.0 Å². The van der Waals surface area contributed by atoms with Crippen molar-refractivity contribution in [2.24, 2.45) is 0 Å². The molecule has 1 unspecified atom stereocenters. The maximum atomic E-state index is 15.0. The minimum atomic E-state index is -0.403. The molecule has 0 radical (unpaired) electrons. The van der Waals surface area contributed by atoms with Gasteiger partial charge >= 0.3 is 0 Å². The molecule has 0 saturated carbocycles. The number of nitrogens with zero attached hydrogens (tertiary/aromatic N) is 4. The molecule has 178 valence electrons. The van der Waals surface area contributed by atoms with E-state index >= 15 is 0 Å². The molecule has 1 saturated heterocycles. The maximum absolute atomic E-state index is 15.0. The molecule has 2 aliphatic heterocycles. The molecule has 1 aromatic carbocycles. The predicted octanol–water partition coefficient (Wildman–Crippen LogP) is 2.94. The van der Waals surface area contributed by atoms with Crippen LogP contribution in [0.15, 0.2) is 36.7 Å². The predicted molar refractivity (Wildman–Crippen MR) is 127 cm³/mol. The lowest BCUT2D eigenvalue weighted by atomic mass is 9.85. The third kappa shape index (κ3) is 4.10. The van der Waals surface area contributed by atoms with E-state index in [1.807, 2.05) is 17.9 Å². The molecule has 34 heavy (non-hydrogen) atoms. The Balaban J connectivity index is 1.43. The lowest BCUT2D eigenvalue weighted by Crippen LogP contribution is -2.36. The summed E-state index contributed by atoms with van der Waals surface area (Å²) in [6, 6.07) is 6.85. The Bertz CT molecular complexity index is 1200. The highest BCUT2D eigenvalue weighted by atomic mass is 19.1. The maximum Gasteiger partial charge on any atom is 0.227 e. The van der Waals surface area contributed by atoms with E-state index in [1.165, 1.54) is 6.07 Å². The number of ether oxygens (including phenoxy) is 2. The number of aromatic nitrogens is 3. The van der Waals surface area contributed by atoms with Crippen molar-refractivity contribution >= 4 is 23.1 Å². The minimum absolute atomic E-state index is 0.0144. The normalized spacial score (nSPS) is 19.5. The first-order valence-corrected chi connectivity index (χ1v) is 11.2. The Morgan fingerprint density at radius 3 is 2.85 bits per heavy atom. The molecule has 4 heterocycles. The van der Waals surface area contributed by atoms with Gasteiger partial charge in [0.05, 0.1) is 44.0 Å². The van der Waals surface area contributed by atoms with E-state index in [4.69, 9.17) is 9.47 Å². The molecule has 2 aliphatic rings. The molecule has 10 heteroatoms. The van der Waals surface area contributed by atoms with Crippen LogP contribution in [0.4, 0.5) is 27.5 Å². The number of pyridine rings is 1. The second kappa shape index (κ2) is 9.03. The van der Waals surface area contributed by atoms with E-state index < -0.39 is 5.41 Å². The molecule has 9 nitrogen and oxygen atoms in total. The highest BCUT2D eigenvalue weighted by molar-refractivity contribution is 5.71. The average molecular weight is 467 g/mol. The molecule has 0 bridgehead atoms. The third-order valence-electron chi connectivity index (χ3n) is 6.35. The highest BCUT2D eigenvalue weighted by Crippen LogP contribution is 2.37. The van der Waals surface area contributed by atoms with E-state index in [2.05, 4.69) is 25.6 Å². The zero-order valence-electron chi connectivity index (χ0n) is 19.1. The Kier molecular flexibility index (Phi) is 5.93. The smallest absolute Gasteiger partial charge is 0.227 e. The molecular weight excluding hydrogens is 439 g/mol. The van der Waals surface area contributed by atoms with Crippen molar-refractivity contribution in [1.82, 2.24) is 15.0 Å². The first-order valence-electron chi connectivity index (χ1n) is 11.2. The molecule has 2 aromatic heterocycles. The number of methoxy groups -OCH3 is 1. The molecular formula is C24H27FN6O3. The van der Waals surface area contributed by atoms with Gasteiger partial charge in [0.1, 0.15) is 17.4 Å². The van der Waals surface area contributed by atoms with Gasteiger partial charge in [-0.3, -0.25) is 0 Å². The summed E-state index contributed by atoms with van der Waals surface area (Å²) >= 11 is 0. The summed E-state index contributed by atoms with van der Waals surface area (Å²) in [6.07, 6.45) is 3.37. The van der Waals surface area contributed by atoms with Crippen LogP contribution in [0.1, 0.15) is 12.5 Å². The number of rotatable bonds is 6. The second-order valence-corrected chi connectivity index (χ2v) is 8.69. The van der Waals surface area contributed by atoms with Crippen molar-refractivity contribution in [2.75, 3.05) is 62.1 Å². The fraction of sp³-hybridized carbons (Fsp3) is 0.375. The Morgan fingerprint density at radius 1 is 1.26 bits per heavy atom. The molecule has 0 spiro atoms. The standard InChI is InChI=1S/C24H27FN6O3/c1-24(14-32)13-28-22-16(24)9-15(12-27-22)18-3-4-26-23(29-18)30-19-10-17(25)20(11-21(19)33-2)31-5-7-34-8-6-31/h3-4,9-12,32H,5-8,13-14H2,1-2H3,(H,27,28)(H,26,29,30). The van der Waals surface area contributed by atoms with Gasteiger partial charge < -0.3 is 30.1 Å². The number of aliphatic hydroxyl groups excluding tert-OH is 1. The number of morpholine rings is 1. The minimum Gasteiger partial charge on any atom is -0.494 e.